The number of nitrogens with zero attached hydrogens (tertiary/aromatic N) is 2. The molecule has 1 aromatic heterocycles. The third kappa shape index (κ3) is 3.16. The summed E-state index contributed by atoms with van der Waals surface area (Å²) in [4.78, 5) is 51.3. The first-order chi connectivity index (χ1) is 12.8. The molecule has 1 amide bonds. The van der Waals surface area contributed by atoms with E-state index in [0.717, 1.165) is 12.5 Å². The van der Waals surface area contributed by atoms with Crippen molar-refractivity contribution in [2.75, 3.05) is 7.05 Å². The average molecular weight is 373 g/mol. The van der Waals surface area contributed by atoms with Crippen LogP contribution in [0, 0.1) is 10.1 Å². The number of hydrogen-bond acceptors (Lipinski definition) is 5. The lowest BCUT2D eigenvalue weighted by Gasteiger charge is -2.41. The zero-order valence-electron chi connectivity index (χ0n) is 14.7. The lowest BCUT2D eigenvalue weighted by atomic mass is 9.80. The number of carbonyl (C=O) groups excluding carboxylic acids is 1. The first-order valence-electron chi connectivity index (χ1n) is 8.59. The number of fused-ring (bicyclic) bond motifs is 1. The normalized spacial score (nSPS) is 16.0. The highest BCUT2D eigenvalue weighted by atomic mass is 16.6. The van der Waals surface area contributed by atoms with Gasteiger partial charge in [0, 0.05) is 36.1 Å². The van der Waals surface area contributed by atoms with Crippen LogP contribution in [-0.4, -0.2) is 44.4 Å². The number of benzene rings is 1. The van der Waals surface area contributed by atoms with Crippen LogP contribution in [-0.2, 0) is 4.79 Å². The smallest absolute Gasteiger partial charge is 0.329 e. The molecule has 1 aliphatic carbocycles. The first kappa shape index (κ1) is 18.6. The number of amides is 1. The Morgan fingerprint density at radius 2 is 1.89 bits per heavy atom. The summed E-state index contributed by atoms with van der Waals surface area (Å²) in [5, 5.41) is 21.1. The van der Waals surface area contributed by atoms with Crippen LogP contribution in [0.5, 0.6) is 0 Å². The maximum atomic E-state index is 13.1. The number of carboxylic acids is 1. The molecule has 0 unspecified atom stereocenters. The molecule has 0 aliphatic heterocycles. The van der Waals surface area contributed by atoms with E-state index in [4.69, 9.17) is 0 Å². The summed E-state index contributed by atoms with van der Waals surface area (Å²) < 4.78 is 0. The van der Waals surface area contributed by atoms with Crippen molar-refractivity contribution in [3.8, 4) is 0 Å². The van der Waals surface area contributed by atoms with E-state index in [1.54, 1.807) is 0 Å². The van der Waals surface area contributed by atoms with Gasteiger partial charge in [-0.05, 0) is 18.9 Å². The predicted molar refractivity (Wildman–Crippen MR) is 96.8 cm³/mol. The average Bonchev–Trinajstić information content (AvgIpc) is 2.66. The van der Waals surface area contributed by atoms with E-state index in [0.29, 0.717) is 25.7 Å². The molecule has 9 heteroatoms. The number of rotatable bonds is 4. The van der Waals surface area contributed by atoms with Crippen LogP contribution in [0.2, 0.25) is 0 Å². The van der Waals surface area contributed by atoms with Gasteiger partial charge in [-0.2, -0.15) is 0 Å². The minimum Gasteiger partial charge on any atom is -0.479 e. The lowest BCUT2D eigenvalue weighted by molar-refractivity contribution is -0.384. The van der Waals surface area contributed by atoms with Gasteiger partial charge in [0.2, 0.25) is 5.56 Å². The van der Waals surface area contributed by atoms with Crippen molar-refractivity contribution in [1.82, 2.24) is 9.88 Å². The Kier molecular flexibility index (Phi) is 4.69. The SMILES string of the molecule is CN(C(=O)c1cc(=O)[nH]c2ccc([N+](=O)[O-])cc12)C1(C(=O)O)CCCCC1. The number of nitro benzene ring substituents is 1. The molecule has 142 valence electrons. The first-order valence-corrected chi connectivity index (χ1v) is 8.59. The summed E-state index contributed by atoms with van der Waals surface area (Å²) in [7, 11) is 1.41. The number of likely N-dealkylation sites (N-methyl/N-ethyl adjacent to an activating group) is 1. The molecule has 2 aromatic rings. The molecule has 0 bridgehead atoms. The third-order valence-corrected chi connectivity index (χ3v) is 5.29. The third-order valence-electron chi connectivity index (χ3n) is 5.29. The fraction of sp³-hybridized carbons (Fsp3) is 0.389. The second-order valence-electron chi connectivity index (χ2n) is 6.80. The van der Waals surface area contributed by atoms with Gasteiger partial charge in [0.05, 0.1) is 10.5 Å². The summed E-state index contributed by atoms with van der Waals surface area (Å²) >= 11 is 0. The standard InChI is InChI=1S/C18H19N3O6/c1-20(18(17(24)25)7-3-2-4-8-18)16(23)13-10-15(22)19-14-6-5-11(21(26)27)9-12(13)14/h5-6,9-10H,2-4,7-8H2,1H3,(H,19,22)(H,24,25). The van der Waals surface area contributed by atoms with Gasteiger partial charge in [0.1, 0.15) is 5.54 Å². The minimum absolute atomic E-state index is 0.0499. The van der Waals surface area contributed by atoms with Gasteiger partial charge in [-0.1, -0.05) is 19.3 Å². The van der Waals surface area contributed by atoms with Crippen molar-refractivity contribution in [2.45, 2.75) is 37.6 Å². The van der Waals surface area contributed by atoms with Gasteiger partial charge in [-0.25, -0.2) is 4.79 Å². The molecule has 0 saturated heterocycles. The van der Waals surface area contributed by atoms with E-state index >= 15 is 0 Å². The molecule has 0 radical (unpaired) electrons. The number of aromatic nitrogens is 1. The van der Waals surface area contributed by atoms with E-state index in [1.165, 1.54) is 30.1 Å². The molecule has 0 atom stereocenters. The van der Waals surface area contributed by atoms with Crippen LogP contribution in [0.15, 0.2) is 29.1 Å². The van der Waals surface area contributed by atoms with Crippen LogP contribution < -0.4 is 5.56 Å². The molecule has 9 nitrogen and oxygen atoms in total. The molecule has 2 N–H and O–H groups in total. The maximum Gasteiger partial charge on any atom is 0.329 e. The molecular weight excluding hydrogens is 354 g/mol. The predicted octanol–water partition coefficient (Wildman–Crippen LogP) is 2.30. The van der Waals surface area contributed by atoms with Crippen molar-refractivity contribution >= 4 is 28.5 Å². The number of carboxylic acid groups (broad SMARTS) is 1. The number of aliphatic carboxylic acids is 1. The van der Waals surface area contributed by atoms with Crippen molar-refractivity contribution in [2.24, 2.45) is 0 Å². The van der Waals surface area contributed by atoms with Crippen molar-refractivity contribution in [3.63, 3.8) is 0 Å². The second kappa shape index (κ2) is 6.82. The number of hydrogen-bond donors (Lipinski definition) is 2. The number of nitrogens with one attached hydrogen (secondary N) is 1. The van der Waals surface area contributed by atoms with E-state index < -0.39 is 27.9 Å². The van der Waals surface area contributed by atoms with Crippen LogP contribution in [0.25, 0.3) is 10.9 Å². The van der Waals surface area contributed by atoms with Gasteiger partial charge in [0.25, 0.3) is 11.6 Å². The second-order valence-corrected chi connectivity index (χ2v) is 6.80. The Labute approximate surface area is 153 Å². The Hall–Kier alpha value is -3.23. The molecule has 1 saturated carbocycles. The molecule has 1 fully saturated rings. The lowest BCUT2D eigenvalue weighted by Crippen LogP contribution is -2.56. The topological polar surface area (TPSA) is 134 Å². The number of non-ortho nitro benzene ring substituents is 1. The molecule has 3 rings (SSSR count). The fourth-order valence-electron chi connectivity index (χ4n) is 3.74. The number of pyridine rings is 1. The molecular formula is C18H19N3O6. The zero-order valence-corrected chi connectivity index (χ0v) is 14.7. The highest BCUT2D eigenvalue weighted by Gasteiger charge is 2.45. The highest BCUT2D eigenvalue weighted by molar-refractivity contribution is 6.07. The molecule has 0 spiro atoms. The molecule has 1 heterocycles. The van der Waals surface area contributed by atoms with Crippen LogP contribution >= 0.6 is 0 Å². The number of H-pyrrole nitrogens is 1. The highest BCUT2D eigenvalue weighted by Crippen LogP contribution is 2.35. The Morgan fingerprint density at radius 1 is 1.22 bits per heavy atom. The van der Waals surface area contributed by atoms with E-state index in [9.17, 15) is 29.6 Å². The fourth-order valence-corrected chi connectivity index (χ4v) is 3.74. The monoisotopic (exact) mass is 373 g/mol. The molecule has 1 aromatic carbocycles. The van der Waals surface area contributed by atoms with Crippen molar-refractivity contribution < 1.29 is 19.6 Å². The number of nitro groups is 1. The van der Waals surface area contributed by atoms with E-state index in [1.807, 2.05) is 0 Å². The minimum atomic E-state index is -1.34. The van der Waals surface area contributed by atoms with Crippen LogP contribution in [0.1, 0.15) is 42.5 Å². The summed E-state index contributed by atoms with van der Waals surface area (Å²) in [6, 6.07) is 4.86. The zero-order chi connectivity index (χ0) is 19.8. The summed E-state index contributed by atoms with van der Waals surface area (Å²) in [6.45, 7) is 0. The van der Waals surface area contributed by atoms with Gasteiger partial charge < -0.3 is 15.0 Å². The van der Waals surface area contributed by atoms with Crippen LogP contribution in [0.4, 0.5) is 5.69 Å². The summed E-state index contributed by atoms with van der Waals surface area (Å²) in [6.07, 6.45) is 2.92. The van der Waals surface area contributed by atoms with Gasteiger partial charge >= 0.3 is 5.97 Å². The summed E-state index contributed by atoms with van der Waals surface area (Å²) in [5.74, 6) is -1.73. The van der Waals surface area contributed by atoms with Crippen molar-refractivity contribution in [1.29, 1.82) is 0 Å². The molecule has 27 heavy (non-hydrogen) atoms. The van der Waals surface area contributed by atoms with E-state index in [-0.39, 0.29) is 22.2 Å². The number of aromatic amines is 1. The Morgan fingerprint density at radius 3 is 2.48 bits per heavy atom. The summed E-state index contributed by atoms with van der Waals surface area (Å²) in [5.41, 5.74) is -1.88. The van der Waals surface area contributed by atoms with Crippen LogP contribution in [0.3, 0.4) is 0 Å². The van der Waals surface area contributed by atoms with Gasteiger partial charge in [-0.3, -0.25) is 19.7 Å². The van der Waals surface area contributed by atoms with Gasteiger partial charge in [0.15, 0.2) is 0 Å². The Bertz CT molecular complexity index is 990. The maximum absolute atomic E-state index is 13.1. The Balaban J connectivity index is 2.14. The molecule has 1 aliphatic rings. The van der Waals surface area contributed by atoms with Gasteiger partial charge in [-0.15, -0.1) is 0 Å². The largest absolute Gasteiger partial charge is 0.479 e. The van der Waals surface area contributed by atoms with Crippen molar-refractivity contribution in [3.05, 3.63) is 50.3 Å². The van der Waals surface area contributed by atoms with E-state index in [2.05, 4.69) is 4.98 Å². The quantitative estimate of drug-likeness (QED) is 0.624. The number of carbonyl (C=O) groups is 2.